The fourth-order valence-electron chi connectivity index (χ4n) is 2.39. The molecule has 2 rings (SSSR count). The van der Waals surface area contributed by atoms with Crippen molar-refractivity contribution in [1.29, 1.82) is 0 Å². The molecule has 108 valence electrons. The van der Waals surface area contributed by atoms with Crippen LogP contribution in [0.5, 0.6) is 0 Å². The first-order valence-electron chi connectivity index (χ1n) is 6.79. The van der Waals surface area contributed by atoms with Crippen molar-refractivity contribution in [3.8, 4) is 0 Å². The van der Waals surface area contributed by atoms with E-state index >= 15 is 0 Å². The predicted octanol–water partition coefficient (Wildman–Crippen LogP) is 0.738. The van der Waals surface area contributed by atoms with Crippen molar-refractivity contribution < 1.29 is 14.7 Å². The van der Waals surface area contributed by atoms with Crippen LogP contribution >= 0.6 is 0 Å². The topological polar surface area (TPSA) is 82.5 Å². The highest BCUT2D eigenvalue weighted by Crippen LogP contribution is 2.16. The summed E-state index contributed by atoms with van der Waals surface area (Å²) in [6.07, 6.45) is 2.36. The minimum atomic E-state index is -0.960. The number of aromatic nitrogens is 1. The fourth-order valence-corrected chi connectivity index (χ4v) is 2.39. The molecule has 1 fully saturated rings. The molecule has 2 heterocycles. The van der Waals surface area contributed by atoms with E-state index in [9.17, 15) is 9.59 Å². The van der Waals surface area contributed by atoms with Gasteiger partial charge in [0.25, 0.3) is 0 Å². The molecule has 6 nitrogen and oxygen atoms in total. The molecule has 2 N–H and O–H groups in total. The summed E-state index contributed by atoms with van der Waals surface area (Å²) in [4.78, 5) is 28.7. The first-order chi connectivity index (χ1) is 9.61. The van der Waals surface area contributed by atoms with Crippen molar-refractivity contribution in [3.63, 3.8) is 0 Å². The third-order valence-electron chi connectivity index (χ3n) is 3.55. The summed E-state index contributed by atoms with van der Waals surface area (Å²) < 4.78 is 0. The average molecular weight is 277 g/mol. The average Bonchev–Trinajstić information content (AvgIpc) is 2.80. The monoisotopic (exact) mass is 277 g/mol. The number of carbonyl (C=O) groups excluding carboxylic acids is 1. The molecule has 0 aromatic carbocycles. The standard InChI is InChI=1S/C14H19N3O3/c1-2-17-6-4-11(13(17)18)8-15-9-12-7-10(14(19)20)3-5-16-12/h3,5,7,11,15H,2,4,6,8-9H2,1H3,(H,19,20)/t11-/m0/s1. The number of likely N-dealkylation sites (tertiary alicyclic amines) is 1. The van der Waals surface area contributed by atoms with Gasteiger partial charge in [-0.15, -0.1) is 0 Å². The first kappa shape index (κ1) is 14.5. The van der Waals surface area contributed by atoms with Gasteiger partial charge >= 0.3 is 5.97 Å². The van der Waals surface area contributed by atoms with E-state index in [1.54, 1.807) is 6.07 Å². The normalized spacial score (nSPS) is 18.6. The lowest BCUT2D eigenvalue weighted by molar-refractivity contribution is -0.130. The maximum absolute atomic E-state index is 11.9. The fraction of sp³-hybridized carbons (Fsp3) is 0.500. The maximum atomic E-state index is 11.9. The number of pyridine rings is 1. The molecule has 20 heavy (non-hydrogen) atoms. The van der Waals surface area contributed by atoms with Gasteiger partial charge in [-0.25, -0.2) is 4.79 Å². The maximum Gasteiger partial charge on any atom is 0.335 e. The summed E-state index contributed by atoms with van der Waals surface area (Å²) in [7, 11) is 0. The second-order valence-electron chi connectivity index (χ2n) is 4.88. The van der Waals surface area contributed by atoms with E-state index in [0.29, 0.717) is 18.8 Å². The number of carboxylic acids is 1. The lowest BCUT2D eigenvalue weighted by Gasteiger charge is -2.14. The van der Waals surface area contributed by atoms with Crippen LogP contribution in [0.4, 0.5) is 0 Å². The zero-order valence-electron chi connectivity index (χ0n) is 11.5. The minimum Gasteiger partial charge on any atom is -0.478 e. The van der Waals surface area contributed by atoms with Crippen LogP contribution in [0.3, 0.4) is 0 Å². The number of nitrogens with zero attached hydrogens (tertiary/aromatic N) is 2. The number of aromatic carboxylic acids is 1. The molecule has 1 saturated heterocycles. The first-order valence-corrected chi connectivity index (χ1v) is 6.79. The van der Waals surface area contributed by atoms with Gasteiger partial charge in [0.15, 0.2) is 0 Å². The van der Waals surface area contributed by atoms with Crippen LogP contribution in [0.15, 0.2) is 18.3 Å². The Morgan fingerprint density at radius 2 is 2.40 bits per heavy atom. The molecule has 0 spiro atoms. The molecule has 6 heteroatoms. The van der Waals surface area contributed by atoms with Gasteiger partial charge in [-0.05, 0) is 25.5 Å². The Hall–Kier alpha value is -1.95. The van der Waals surface area contributed by atoms with Crippen molar-refractivity contribution in [2.24, 2.45) is 5.92 Å². The Morgan fingerprint density at radius 3 is 3.05 bits per heavy atom. The van der Waals surface area contributed by atoms with Gasteiger partial charge in [0, 0.05) is 32.4 Å². The van der Waals surface area contributed by atoms with Crippen LogP contribution in [0.25, 0.3) is 0 Å². The van der Waals surface area contributed by atoms with Gasteiger partial charge in [0.1, 0.15) is 0 Å². The molecular formula is C14H19N3O3. The van der Waals surface area contributed by atoms with E-state index in [2.05, 4.69) is 10.3 Å². The molecule has 1 aromatic heterocycles. The summed E-state index contributed by atoms with van der Waals surface area (Å²) in [6.45, 7) is 4.65. The quantitative estimate of drug-likeness (QED) is 0.801. The van der Waals surface area contributed by atoms with E-state index in [0.717, 1.165) is 19.5 Å². The van der Waals surface area contributed by atoms with Crippen LogP contribution in [0.1, 0.15) is 29.4 Å². The Kier molecular flexibility index (Phi) is 4.68. The number of amides is 1. The zero-order valence-corrected chi connectivity index (χ0v) is 11.5. The van der Waals surface area contributed by atoms with Gasteiger partial charge in [0.05, 0.1) is 17.2 Å². The van der Waals surface area contributed by atoms with E-state index in [-0.39, 0.29) is 17.4 Å². The van der Waals surface area contributed by atoms with Crippen molar-refractivity contribution in [2.75, 3.05) is 19.6 Å². The number of hydrogen-bond acceptors (Lipinski definition) is 4. The number of rotatable bonds is 6. The highest BCUT2D eigenvalue weighted by molar-refractivity contribution is 5.87. The summed E-state index contributed by atoms with van der Waals surface area (Å²) in [5.41, 5.74) is 0.897. The van der Waals surface area contributed by atoms with Gasteiger partial charge < -0.3 is 15.3 Å². The molecule has 1 atom stereocenters. The van der Waals surface area contributed by atoms with Crippen molar-refractivity contribution in [2.45, 2.75) is 19.9 Å². The van der Waals surface area contributed by atoms with E-state index in [4.69, 9.17) is 5.11 Å². The lowest BCUT2D eigenvalue weighted by atomic mass is 10.1. The molecule has 0 unspecified atom stereocenters. The Bertz CT molecular complexity index is 504. The SMILES string of the molecule is CCN1CC[C@@H](CNCc2cc(C(=O)O)ccn2)C1=O. The minimum absolute atomic E-state index is 0.0256. The van der Waals surface area contributed by atoms with Crippen molar-refractivity contribution in [3.05, 3.63) is 29.6 Å². The van der Waals surface area contributed by atoms with Crippen LogP contribution in [-0.2, 0) is 11.3 Å². The molecule has 1 amide bonds. The summed E-state index contributed by atoms with van der Waals surface area (Å²) in [6, 6.07) is 3.01. The summed E-state index contributed by atoms with van der Waals surface area (Å²) in [5, 5.41) is 12.1. The number of carbonyl (C=O) groups is 2. The summed E-state index contributed by atoms with van der Waals surface area (Å²) >= 11 is 0. The molecule has 1 aliphatic heterocycles. The second-order valence-corrected chi connectivity index (χ2v) is 4.88. The Balaban J connectivity index is 1.83. The van der Waals surface area contributed by atoms with E-state index in [1.165, 1.54) is 12.3 Å². The highest BCUT2D eigenvalue weighted by Gasteiger charge is 2.29. The van der Waals surface area contributed by atoms with Crippen LogP contribution in [0, 0.1) is 5.92 Å². The molecular weight excluding hydrogens is 258 g/mol. The largest absolute Gasteiger partial charge is 0.478 e. The Morgan fingerprint density at radius 1 is 1.60 bits per heavy atom. The molecule has 0 saturated carbocycles. The molecule has 1 aliphatic rings. The smallest absolute Gasteiger partial charge is 0.335 e. The third-order valence-corrected chi connectivity index (χ3v) is 3.55. The van der Waals surface area contributed by atoms with Crippen LogP contribution < -0.4 is 5.32 Å². The molecule has 0 aliphatic carbocycles. The van der Waals surface area contributed by atoms with Gasteiger partial charge in [-0.2, -0.15) is 0 Å². The Labute approximate surface area is 117 Å². The highest BCUT2D eigenvalue weighted by atomic mass is 16.4. The lowest BCUT2D eigenvalue weighted by Crippen LogP contribution is -2.31. The van der Waals surface area contributed by atoms with Gasteiger partial charge in [-0.3, -0.25) is 9.78 Å². The van der Waals surface area contributed by atoms with Crippen molar-refractivity contribution >= 4 is 11.9 Å². The van der Waals surface area contributed by atoms with E-state index < -0.39 is 5.97 Å². The second kappa shape index (κ2) is 6.47. The number of hydrogen-bond donors (Lipinski definition) is 2. The van der Waals surface area contributed by atoms with Gasteiger partial charge in [0.2, 0.25) is 5.91 Å². The third kappa shape index (κ3) is 3.33. The molecule has 0 radical (unpaired) electrons. The van der Waals surface area contributed by atoms with Crippen LogP contribution in [0.2, 0.25) is 0 Å². The zero-order chi connectivity index (χ0) is 14.5. The number of nitrogens with one attached hydrogen (secondary N) is 1. The number of carboxylic acid groups (broad SMARTS) is 1. The molecule has 0 bridgehead atoms. The van der Waals surface area contributed by atoms with Crippen LogP contribution in [-0.4, -0.2) is 46.5 Å². The molecule has 1 aromatic rings. The predicted molar refractivity (Wildman–Crippen MR) is 73.3 cm³/mol. The van der Waals surface area contributed by atoms with E-state index in [1.807, 2.05) is 11.8 Å². The van der Waals surface area contributed by atoms with Crippen molar-refractivity contribution in [1.82, 2.24) is 15.2 Å². The summed E-state index contributed by atoms with van der Waals surface area (Å²) in [5.74, 6) is -0.733. The van der Waals surface area contributed by atoms with Gasteiger partial charge in [-0.1, -0.05) is 0 Å².